The van der Waals surface area contributed by atoms with Gasteiger partial charge in [0.25, 0.3) is 0 Å². The van der Waals surface area contributed by atoms with Gasteiger partial charge in [-0.15, -0.1) is 12.3 Å². The summed E-state index contributed by atoms with van der Waals surface area (Å²) in [6.07, 6.45) is 7.90. The summed E-state index contributed by atoms with van der Waals surface area (Å²) in [6.45, 7) is 1.92. The van der Waals surface area contributed by atoms with Crippen molar-refractivity contribution in [3.8, 4) is 12.3 Å². The molecule has 18 heavy (non-hydrogen) atoms. The molecular formula is C12H20N2O3S. The maximum atomic E-state index is 11.8. The summed E-state index contributed by atoms with van der Waals surface area (Å²) in [6, 6.07) is -1.39. The Labute approximate surface area is 112 Å². The van der Waals surface area contributed by atoms with Gasteiger partial charge in [-0.3, -0.25) is 0 Å². The van der Waals surface area contributed by atoms with Crippen LogP contribution in [0.5, 0.6) is 0 Å². The number of carbonyl (C=O) groups is 2. The lowest BCUT2D eigenvalue weighted by molar-refractivity contribution is -0.139. The molecule has 5 nitrogen and oxygen atoms in total. The summed E-state index contributed by atoms with van der Waals surface area (Å²) in [4.78, 5) is 24.2. The number of nitrogens with zero attached hydrogens (tertiary/aromatic N) is 1. The normalized spacial score (nSPS) is 13.2. The van der Waals surface area contributed by atoms with Crippen molar-refractivity contribution in [2.45, 2.75) is 31.8 Å². The molecule has 2 atom stereocenters. The van der Waals surface area contributed by atoms with Crippen molar-refractivity contribution >= 4 is 23.8 Å². The molecule has 2 N–H and O–H groups in total. The van der Waals surface area contributed by atoms with Crippen LogP contribution < -0.4 is 5.32 Å². The molecular weight excluding hydrogens is 252 g/mol. The summed E-state index contributed by atoms with van der Waals surface area (Å²) >= 11 is 1.71. The maximum Gasteiger partial charge on any atom is 0.327 e. The van der Waals surface area contributed by atoms with Crippen LogP contribution in [0.1, 0.15) is 19.8 Å². The van der Waals surface area contributed by atoms with Gasteiger partial charge in [0.1, 0.15) is 6.04 Å². The van der Waals surface area contributed by atoms with Crippen LogP contribution >= 0.6 is 11.8 Å². The topological polar surface area (TPSA) is 69.6 Å². The minimum absolute atomic E-state index is 0.0197. The van der Waals surface area contributed by atoms with E-state index in [0.29, 0.717) is 0 Å². The Morgan fingerprint density at radius 1 is 1.56 bits per heavy atom. The predicted molar refractivity (Wildman–Crippen MR) is 73.6 cm³/mol. The molecule has 0 bridgehead atoms. The van der Waals surface area contributed by atoms with Gasteiger partial charge in [0.15, 0.2) is 0 Å². The van der Waals surface area contributed by atoms with E-state index in [0.717, 1.165) is 12.2 Å². The standard InChI is InChI=1S/C12H20N2O3S/c1-5-6-10(11(15)16)13-12(17)14(3)9(2)7-8-18-4/h1,9-10H,6-8H2,2-4H3,(H,13,17)(H,15,16). The van der Waals surface area contributed by atoms with Crippen molar-refractivity contribution in [2.75, 3.05) is 19.1 Å². The second-order valence-electron chi connectivity index (χ2n) is 3.99. The zero-order valence-electron chi connectivity index (χ0n) is 11.0. The summed E-state index contributed by atoms with van der Waals surface area (Å²) < 4.78 is 0. The average molecular weight is 272 g/mol. The van der Waals surface area contributed by atoms with E-state index in [2.05, 4.69) is 11.2 Å². The third-order valence-electron chi connectivity index (χ3n) is 2.64. The fourth-order valence-corrected chi connectivity index (χ4v) is 1.83. The van der Waals surface area contributed by atoms with Gasteiger partial charge < -0.3 is 15.3 Å². The summed E-state index contributed by atoms with van der Waals surface area (Å²) in [7, 11) is 1.65. The van der Waals surface area contributed by atoms with Gasteiger partial charge in [-0.25, -0.2) is 9.59 Å². The van der Waals surface area contributed by atoms with Crippen molar-refractivity contribution in [3.63, 3.8) is 0 Å². The SMILES string of the molecule is C#CCC(NC(=O)N(C)C(C)CCSC)C(=O)O. The van der Waals surface area contributed by atoms with E-state index in [4.69, 9.17) is 11.5 Å². The van der Waals surface area contributed by atoms with E-state index in [1.54, 1.807) is 18.8 Å². The molecule has 0 fully saturated rings. The quantitative estimate of drug-likeness (QED) is 0.684. The smallest absolute Gasteiger partial charge is 0.327 e. The zero-order chi connectivity index (χ0) is 14.1. The molecule has 0 aromatic heterocycles. The number of rotatable bonds is 7. The molecule has 0 saturated heterocycles. The fourth-order valence-electron chi connectivity index (χ4n) is 1.25. The summed E-state index contributed by atoms with van der Waals surface area (Å²) in [5, 5.41) is 11.3. The monoisotopic (exact) mass is 272 g/mol. The first kappa shape index (κ1) is 16.6. The predicted octanol–water partition coefficient (Wildman–Crippen LogP) is 1.25. The van der Waals surface area contributed by atoms with Gasteiger partial charge in [-0.2, -0.15) is 11.8 Å². The van der Waals surface area contributed by atoms with E-state index in [9.17, 15) is 9.59 Å². The van der Waals surface area contributed by atoms with Crippen LogP contribution in [-0.4, -0.2) is 53.1 Å². The Kier molecular flexibility index (Phi) is 8.05. The average Bonchev–Trinajstić information content (AvgIpc) is 2.33. The molecule has 0 spiro atoms. The summed E-state index contributed by atoms with van der Waals surface area (Å²) in [5.74, 6) is 2.07. The third kappa shape index (κ3) is 5.82. The Hall–Kier alpha value is -1.35. The van der Waals surface area contributed by atoms with E-state index >= 15 is 0 Å². The molecule has 0 aromatic carbocycles. The number of thioether (sulfide) groups is 1. The number of carboxylic acid groups (broad SMARTS) is 1. The third-order valence-corrected chi connectivity index (χ3v) is 3.28. The van der Waals surface area contributed by atoms with Crippen molar-refractivity contribution in [3.05, 3.63) is 0 Å². The highest BCUT2D eigenvalue weighted by atomic mass is 32.2. The van der Waals surface area contributed by atoms with Crippen LogP contribution in [0.4, 0.5) is 4.79 Å². The molecule has 0 rings (SSSR count). The molecule has 6 heteroatoms. The molecule has 0 aliphatic heterocycles. The molecule has 0 saturated carbocycles. The second-order valence-corrected chi connectivity index (χ2v) is 4.98. The highest BCUT2D eigenvalue weighted by Gasteiger charge is 2.22. The molecule has 0 aliphatic carbocycles. The first-order valence-corrected chi connectivity index (χ1v) is 7.02. The van der Waals surface area contributed by atoms with Crippen molar-refractivity contribution in [1.82, 2.24) is 10.2 Å². The van der Waals surface area contributed by atoms with Gasteiger partial charge in [0.2, 0.25) is 0 Å². The molecule has 2 unspecified atom stereocenters. The van der Waals surface area contributed by atoms with Crippen LogP contribution in [0.2, 0.25) is 0 Å². The number of hydrogen-bond donors (Lipinski definition) is 2. The lowest BCUT2D eigenvalue weighted by Crippen LogP contribution is -2.49. The highest BCUT2D eigenvalue weighted by Crippen LogP contribution is 2.06. The molecule has 2 amide bonds. The van der Waals surface area contributed by atoms with Crippen LogP contribution in [0.15, 0.2) is 0 Å². The number of carboxylic acids is 1. The molecule has 102 valence electrons. The number of urea groups is 1. The van der Waals surface area contributed by atoms with Gasteiger partial charge in [0.05, 0.1) is 0 Å². The van der Waals surface area contributed by atoms with Crippen LogP contribution in [0.25, 0.3) is 0 Å². The van der Waals surface area contributed by atoms with E-state index in [1.165, 1.54) is 4.90 Å². The van der Waals surface area contributed by atoms with Crippen LogP contribution in [0.3, 0.4) is 0 Å². The Morgan fingerprint density at radius 3 is 2.61 bits per heavy atom. The Bertz CT molecular complexity index is 328. The Balaban J connectivity index is 4.36. The first-order valence-electron chi connectivity index (χ1n) is 5.62. The molecule has 0 radical (unpaired) electrons. The molecule has 0 aliphatic rings. The van der Waals surface area contributed by atoms with Crippen LogP contribution in [0, 0.1) is 12.3 Å². The number of hydrogen-bond acceptors (Lipinski definition) is 3. The van der Waals surface area contributed by atoms with E-state index in [-0.39, 0.29) is 12.5 Å². The number of terminal acetylenes is 1. The minimum atomic E-state index is -1.12. The number of nitrogens with one attached hydrogen (secondary N) is 1. The van der Waals surface area contributed by atoms with E-state index < -0.39 is 18.0 Å². The van der Waals surface area contributed by atoms with Crippen molar-refractivity contribution in [2.24, 2.45) is 0 Å². The first-order chi connectivity index (χ1) is 8.43. The van der Waals surface area contributed by atoms with Gasteiger partial charge >= 0.3 is 12.0 Å². The zero-order valence-corrected chi connectivity index (χ0v) is 11.8. The minimum Gasteiger partial charge on any atom is -0.480 e. The highest BCUT2D eigenvalue weighted by molar-refractivity contribution is 7.98. The van der Waals surface area contributed by atoms with Crippen LogP contribution in [-0.2, 0) is 4.79 Å². The van der Waals surface area contributed by atoms with Gasteiger partial charge in [-0.1, -0.05) is 0 Å². The van der Waals surface area contributed by atoms with E-state index in [1.807, 2.05) is 13.2 Å². The summed E-state index contributed by atoms with van der Waals surface area (Å²) in [5.41, 5.74) is 0. The van der Waals surface area contributed by atoms with Gasteiger partial charge in [0, 0.05) is 19.5 Å². The van der Waals surface area contributed by atoms with Crippen molar-refractivity contribution < 1.29 is 14.7 Å². The largest absolute Gasteiger partial charge is 0.480 e. The number of aliphatic carboxylic acids is 1. The Morgan fingerprint density at radius 2 is 2.17 bits per heavy atom. The number of amides is 2. The van der Waals surface area contributed by atoms with Gasteiger partial charge in [-0.05, 0) is 25.4 Å². The number of carbonyl (C=O) groups excluding carboxylic acids is 1. The lowest BCUT2D eigenvalue weighted by atomic mass is 10.2. The maximum absolute atomic E-state index is 11.8. The second kappa shape index (κ2) is 8.70. The fraction of sp³-hybridized carbons (Fsp3) is 0.667. The molecule has 0 heterocycles. The molecule has 0 aromatic rings. The lowest BCUT2D eigenvalue weighted by Gasteiger charge is -2.26. The van der Waals surface area contributed by atoms with Crippen molar-refractivity contribution in [1.29, 1.82) is 0 Å².